The molecule has 0 saturated carbocycles. The van der Waals surface area contributed by atoms with Gasteiger partial charge in [-0.25, -0.2) is 17.8 Å². The molecule has 0 unspecified atom stereocenters. The molecule has 0 aliphatic heterocycles. The SMILES string of the molecule is Cc1ccnc(NS(=O)(=O)c2cc(N)cc(F)c2C)c1. The van der Waals surface area contributed by atoms with Crippen molar-refractivity contribution in [3.05, 3.63) is 47.4 Å². The van der Waals surface area contributed by atoms with Crippen LogP contribution in [-0.4, -0.2) is 13.4 Å². The highest BCUT2D eigenvalue weighted by molar-refractivity contribution is 7.92. The summed E-state index contributed by atoms with van der Waals surface area (Å²) in [4.78, 5) is 3.71. The normalized spacial score (nSPS) is 11.3. The molecule has 0 aliphatic carbocycles. The average Bonchev–Trinajstić information content (AvgIpc) is 2.33. The van der Waals surface area contributed by atoms with Crippen LogP contribution in [0.5, 0.6) is 0 Å². The van der Waals surface area contributed by atoms with E-state index in [4.69, 9.17) is 5.73 Å². The fourth-order valence-corrected chi connectivity index (χ4v) is 3.03. The molecule has 1 heterocycles. The van der Waals surface area contributed by atoms with Crippen LogP contribution in [-0.2, 0) is 10.0 Å². The lowest BCUT2D eigenvalue weighted by atomic mass is 10.2. The number of rotatable bonds is 3. The van der Waals surface area contributed by atoms with Gasteiger partial charge in [-0.3, -0.25) is 4.72 Å². The molecular weight excluding hydrogens is 281 g/mol. The zero-order chi connectivity index (χ0) is 14.9. The molecule has 0 amide bonds. The fraction of sp³-hybridized carbons (Fsp3) is 0.154. The predicted octanol–water partition coefficient (Wildman–Crippen LogP) is 2.22. The summed E-state index contributed by atoms with van der Waals surface area (Å²) in [7, 11) is -3.94. The van der Waals surface area contributed by atoms with Crippen LogP contribution in [0.25, 0.3) is 0 Å². The van der Waals surface area contributed by atoms with Crippen LogP contribution < -0.4 is 10.5 Å². The van der Waals surface area contributed by atoms with Gasteiger partial charge in [-0.05, 0) is 43.7 Å². The van der Waals surface area contributed by atoms with E-state index in [1.165, 1.54) is 19.2 Å². The van der Waals surface area contributed by atoms with Gasteiger partial charge in [0.05, 0.1) is 4.90 Å². The standard InChI is InChI=1S/C13H14FN3O2S/c1-8-3-4-16-13(5-8)17-20(18,19)12-7-10(15)6-11(14)9(12)2/h3-7H,15H2,1-2H3,(H,16,17). The Bertz CT molecular complexity index is 760. The van der Waals surface area contributed by atoms with Crippen molar-refractivity contribution in [3.63, 3.8) is 0 Å². The fourth-order valence-electron chi connectivity index (χ4n) is 1.74. The summed E-state index contributed by atoms with van der Waals surface area (Å²) in [6.07, 6.45) is 1.49. The number of sulfonamides is 1. The molecule has 106 valence electrons. The highest BCUT2D eigenvalue weighted by Crippen LogP contribution is 2.23. The van der Waals surface area contributed by atoms with Crippen molar-refractivity contribution in [1.82, 2.24) is 4.98 Å². The third-order valence-corrected chi connectivity index (χ3v) is 4.24. The Kier molecular flexibility index (Phi) is 3.63. The van der Waals surface area contributed by atoms with Crippen LogP contribution in [0, 0.1) is 19.7 Å². The van der Waals surface area contributed by atoms with Gasteiger partial charge in [0.15, 0.2) is 0 Å². The summed E-state index contributed by atoms with van der Waals surface area (Å²) in [6, 6.07) is 5.62. The molecule has 0 bridgehead atoms. The van der Waals surface area contributed by atoms with E-state index in [1.807, 2.05) is 6.92 Å². The Hall–Kier alpha value is -2.15. The molecule has 2 rings (SSSR count). The second kappa shape index (κ2) is 5.09. The second-order valence-corrected chi connectivity index (χ2v) is 6.10. The second-order valence-electron chi connectivity index (χ2n) is 4.45. The number of anilines is 2. The summed E-state index contributed by atoms with van der Waals surface area (Å²) >= 11 is 0. The minimum Gasteiger partial charge on any atom is -0.399 e. The summed E-state index contributed by atoms with van der Waals surface area (Å²) in [6.45, 7) is 3.19. The van der Waals surface area contributed by atoms with E-state index in [0.29, 0.717) is 0 Å². The number of halogens is 1. The molecule has 0 aliphatic rings. The number of nitrogens with zero attached hydrogens (tertiary/aromatic N) is 1. The molecule has 0 spiro atoms. The number of nitrogens with one attached hydrogen (secondary N) is 1. The molecule has 0 atom stereocenters. The van der Waals surface area contributed by atoms with Crippen molar-refractivity contribution in [2.24, 2.45) is 0 Å². The maximum Gasteiger partial charge on any atom is 0.263 e. The Labute approximate surface area is 116 Å². The van der Waals surface area contributed by atoms with Crippen molar-refractivity contribution < 1.29 is 12.8 Å². The summed E-state index contributed by atoms with van der Waals surface area (Å²) in [5, 5.41) is 0. The van der Waals surface area contributed by atoms with Gasteiger partial charge in [-0.15, -0.1) is 0 Å². The first kappa shape index (κ1) is 14.3. The summed E-state index contributed by atoms with van der Waals surface area (Å²) in [5.41, 5.74) is 6.41. The van der Waals surface area contributed by atoms with Crippen molar-refractivity contribution in [3.8, 4) is 0 Å². The molecule has 1 aromatic carbocycles. The maximum absolute atomic E-state index is 13.6. The van der Waals surface area contributed by atoms with Crippen LogP contribution >= 0.6 is 0 Å². The van der Waals surface area contributed by atoms with Gasteiger partial charge in [-0.2, -0.15) is 0 Å². The van der Waals surface area contributed by atoms with Gasteiger partial charge >= 0.3 is 0 Å². The van der Waals surface area contributed by atoms with Crippen LogP contribution in [0.4, 0.5) is 15.9 Å². The van der Waals surface area contributed by atoms with Crippen LogP contribution in [0.2, 0.25) is 0 Å². The Morgan fingerprint density at radius 1 is 1.25 bits per heavy atom. The molecule has 5 nitrogen and oxygen atoms in total. The number of pyridine rings is 1. The molecule has 0 fully saturated rings. The monoisotopic (exact) mass is 295 g/mol. The topological polar surface area (TPSA) is 85.1 Å². The number of nitrogens with two attached hydrogens (primary N) is 1. The van der Waals surface area contributed by atoms with E-state index in [-0.39, 0.29) is 22.0 Å². The molecule has 2 aromatic rings. The molecule has 0 saturated heterocycles. The molecule has 7 heteroatoms. The van der Waals surface area contributed by atoms with Gasteiger partial charge in [0.2, 0.25) is 0 Å². The van der Waals surface area contributed by atoms with Crippen molar-refractivity contribution in [2.45, 2.75) is 18.7 Å². The molecule has 1 aromatic heterocycles. The van der Waals surface area contributed by atoms with E-state index < -0.39 is 15.8 Å². The number of aryl methyl sites for hydroxylation is 1. The van der Waals surface area contributed by atoms with Crippen molar-refractivity contribution in [1.29, 1.82) is 0 Å². The maximum atomic E-state index is 13.6. The first-order valence-corrected chi connectivity index (χ1v) is 7.29. The van der Waals surface area contributed by atoms with Gasteiger partial charge < -0.3 is 5.73 Å². The lowest BCUT2D eigenvalue weighted by molar-refractivity contribution is 0.591. The van der Waals surface area contributed by atoms with E-state index in [1.54, 1.807) is 12.1 Å². The lowest BCUT2D eigenvalue weighted by Gasteiger charge is -2.11. The highest BCUT2D eigenvalue weighted by atomic mass is 32.2. The number of hydrogen-bond acceptors (Lipinski definition) is 4. The number of hydrogen-bond donors (Lipinski definition) is 2. The Balaban J connectivity index is 2.46. The van der Waals surface area contributed by atoms with Crippen LogP contribution in [0.15, 0.2) is 35.4 Å². The first-order chi connectivity index (χ1) is 9.29. The quantitative estimate of drug-likeness (QED) is 0.850. The molecular formula is C13H14FN3O2S. The zero-order valence-corrected chi connectivity index (χ0v) is 11.8. The lowest BCUT2D eigenvalue weighted by Crippen LogP contribution is -2.16. The van der Waals surface area contributed by atoms with Crippen LogP contribution in [0.3, 0.4) is 0 Å². The minimum absolute atomic E-state index is 0.0133. The first-order valence-electron chi connectivity index (χ1n) is 5.81. The smallest absolute Gasteiger partial charge is 0.263 e. The predicted molar refractivity (Wildman–Crippen MR) is 75.3 cm³/mol. The number of aromatic nitrogens is 1. The van der Waals surface area contributed by atoms with Crippen LogP contribution in [0.1, 0.15) is 11.1 Å². The average molecular weight is 295 g/mol. The van der Waals surface area contributed by atoms with Gasteiger partial charge in [-0.1, -0.05) is 0 Å². The van der Waals surface area contributed by atoms with Crippen molar-refractivity contribution >= 4 is 21.5 Å². The van der Waals surface area contributed by atoms with E-state index >= 15 is 0 Å². The zero-order valence-electron chi connectivity index (χ0n) is 11.0. The third kappa shape index (κ3) is 2.88. The molecule has 20 heavy (non-hydrogen) atoms. The highest BCUT2D eigenvalue weighted by Gasteiger charge is 2.20. The number of nitrogen functional groups attached to an aromatic ring is 1. The van der Waals surface area contributed by atoms with Gasteiger partial charge in [0.1, 0.15) is 11.6 Å². The Morgan fingerprint density at radius 2 is 1.95 bits per heavy atom. The minimum atomic E-state index is -3.94. The van der Waals surface area contributed by atoms with E-state index in [0.717, 1.165) is 11.6 Å². The van der Waals surface area contributed by atoms with Gasteiger partial charge in [0, 0.05) is 17.4 Å². The number of benzene rings is 1. The largest absolute Gasteiger partial charge is 0.399 e. The molecule has 0 radical (unpaired) electrons. The Morgan fingerprint density at radius 3 is 2.60 bits per heavy atom. The van der Waals surface area contributed by atoms with Crippen molar-refractivity contribution in [2.75, 3.05) is 10.5 Å². The third-order valence-electron chi connectivity index (χ3n) is 2.76. The van der Waals surface area contributed by atoms with E-state index in [9.17, 15) is 12.8 Å². The molecule has 3 N–H and O–H groups in total. The summed E-state index contributed by atoms with van der Waals surface area (Å²) < 4.78 is 40.4. The van der Waals surface area contributed by atoms with Gasteiger partial charge in [0.25, 0.3) is 10.0 Å². The van der Waals surface area contributed by atoms with E-state index in [2.05, 4.69) is 9.71 Å². The summed E-state index contributed by atoms with van der Waals surface area (Å²) in [5.74, 6) is -0.491.